The third kappa shape index (κ3) is 3.35. The molecule has 0 unspecified atom stereocenters. The molecule has 0 saturated carbocycles. The molecule has 7 nitrogen and oxygen atoms in total. The smallest absolute Gasteiger partial charge is 0.137 e. The van der Waals surface area contributed by atoms with Gasteiger partial charge in [-0.3, -0.25) is 9.58 Å². The van der Waals surface area contributed by atoms with Crippen molar-refractivity contribution in [2.45, 2.75) is 25.1 Å². The summed E-state index contributed by atoms with van der Waals surface area (Å²) in [5.41, 5.74) is 0. The number of aliphatic hydroxyl groups excluding tert-OH is 1. The van der Waals surface area contributed by atoms with Gasteiger partial charge >= 0.3 is 0 Å². The Bertz CT molecular complexity index is 399. The van der Waals surface area contributed by atoms with E-state index in [1.54, 1.807) is 12.7 Å². The van der Waals surface area contributed by atoms with Crippen molar-refractivity contribution in [2.75, 3.05) is 45.9 Å². The molecule has 3 rings (SSSR count). The van der Waals surface area contributed by atoms with Crippen LogP contribution < -0.4 is 0 Å². The Kier molecular flexibility index (Phi) is 4.62. The normalized spacial score (nSPS) is 29.6. The first-order chi connectivity index (χ1) is 9.83. The summed E-state index contributed by atoms with van der Waals surface area (Å²) in [6.45, 7) is 7.23. The zero-order valence-corrected chi connectivity index (χ0v) is 11.8. The van der Waals surface area contributed by atoms with Crippen LogP contribution in [0.3, 0.4) is 0 Å². The van der Waals surface area contributed by atoms with Crippen molar-refractivity contribution in [3.05, 3.63) is 12.7 Å². The molecule has 0 aromatic carbocycles. The van der Waals surface area contributed by atoms with Crippen molar-refractivity contribution in [1.29, 1.82) is 0 Å². The molecule has 0 amide bonds. The number of hydrogen-bond donors (Lipinski definition) is 1. The largest absolute Gasteiger partial charge is 0.389 e. The average molecular weight is 281 g/mol. The molecule has 1 aromatic heterocycles. The quantitative estimate of drug-likeness (QED) is 0.767. The molecule has 1 aromatic rings. The highest BCUT2D eigenvalue weighted by Gasteiger charge is 2.32. The average Bonchev–Trinajstić information content (AvgIpc) is 3.05. The van der Waals surface area contributed by atoms with E-state index in [9.17, 15) is 5.11 Å². The molecule has 112 valence electrons. The van der Waals surface area contributed by atoms with E-state index in [0.29, 0.717) is 13.2 Å². The maximum atomic E-state index is 9.93. The lowest BCUT2D eigenvalue weighted by Crippen LogP contribution is -2.45. The highest BCUT2D eigenvalue weighted by Crippen LogP contribution is 2.15. The van der Waals surface area contributed by atoms with Crippen molar-refractivity contribution in [1.82, 2.24) is 24.6 Å². The van der Waals surface area contributed by atoms with E-state index in [1.807, 2.05) is 4.68 Å². The molecular formula is C13H23N5O2. The van der Waals surface area contributed by atoms with Gasteiger partial charge in [-0.1, -0.05) is 0 Å². The molecule has 2 aliphatic heterocycles. The van der Waals surface area contributed by atoms with E-state index < -0.39 is 0 Å². The second-order valence-electron chi connectivity index (χ2n) is 5.56. The highest BCUT2D eigenvalue weighted by atomic mass is 16.5. The van der Waals surface area contributed by atoms with Gasteiger partial charge in [-0.05, 0) is 19.5 Å². The predicted molar refractivity (Wildman–Crippen MR) is 73.3 cm³/mol. The first kappa shape index (κ1) is 13.9. The second-order valence-corrected chi connectivity index (χ2v) is 5.56. The van der Waals surface area contributed by atoms with E-state index in [2.05, 4.69) is 19.9 Å². The van der Waals surface area contributed by atoms with Gasteiger partial charge in [-0.25, -0.2) is 4.98 Å². The lowest BCUT2D eigenvalue weighted by Gasteiger charge is -2.28. The fourth-order valence-electron chi connectivity index (χ4n) is 3.02. The van der Waals surface area contributed by atoms with Crippen LogP contribution in [0.4, 0.5) is 0 Å². The van der Waals surface area contributed by atoms with Gasteiger partial charge in [0.2, 0.25) is 0 Å². The van der Waals surface area contributed by atoms with E-state index in [4.69, 9.17) is 4.74 Å². The SMILES string of the molecule is O[C@H]1COC[C@@H]1N1CCCN(CCn2cncn2)CC1. The lowest BCUT2D eigenvalue weighted by atomic mass is 10.2. The molecule has 3 heterocycles. The Morgan fingerprint density at radius 1 is 1.15 bits per heavy atom. The molecular weight excluding hydrogens is 258 g/mol. The highest BCUT2D eigenvalue weighted by molar-refractivity contribution is 4.85. The molecule has 0 bridgehead atoms. The number of rotatable bonds is 4. The topological polar surface area (TPSA) is 66.7 Å². The summed E-state index contributed by atoms with van der Waals surface area (Å²) in [6, 6.07) is 0.185. The Labute approximate surface area is 119 Å². The monoisotopic (exact) mass is 281 g/mol. The minimum absolute atomic E-state index is 0.185. The summed E-state index contributed by atoms with van der Waals surface area (Å²) in [6.07, 6.45) is 4.15. The van der Waals surface area contributed by atoms with E-state index >= 15 is 0 Å². The fraction of sp³-hybridized carbons (Fsp3) is 0.846. The van der Waals surface area contributed by atoms with Crippen LogP contribution in [0.15, 0.2) is 12.7 Å². The maximum Gasteiger partial charge on any atom is 0.137 e. The Morgan fingerprint density at radius 3 is 2.85 bits per heavy atom. The van der Waals surface area contributed by atoms with Crippen molar-refractivity contribution < 1.29 is 9.84 Å². The van der Waals surface area contributed by atoms with Gasteiger partial charge in [0.05, 0.1) is 31.9 Å². The second kappa shape index (κ2) is 6.62. The Morgan fingerprint density at radius 2 is 2.10 bits per heavy atom. The number of aliphatic hydroxyl groups is 1. The van der Waals surface area contributed by atoms with Crippen LogP contribution in [-0.4, -0.2) is 87.8 Å². The molecule has 20 heavy (non-hydrogen) atoms. The summed E-state index contributed by atoms with van der Waals surface area (Å²) in [4.78, 5) is 8.80. The fourth-order valence-corrected chi connectivity index (χ4v) is 3.02. The summed E-state index contributed by atoms with van der Waals surface area (Å²) in [7, 11) is 0. The van der Waals surface area contributed by atoms with Crippen molar-refractivity contribution in [3.8, 4) is 0 Å². The van der Waals surface area contributed by atoms with Gasteiger partial charge in [0.25, 0.3) is 0 Å². The molecule has 2 fully saturated rings. The summed E-state index contributed by atoms with van der Waals surface area (Å²) >= 11 is 0. The van der Waals surface area contributed by atoms with Crippen molar-refractivity contribution in [2.24, 2.45) is 0 Å². The Hall–Kier alpha value is -1.02. The zero-order chi connectivity index (χ0) is 13.8. The summed E-state index contributed by atoms with van der Waals surface area (Å²) in [5.74, 6) is 0. The number of ether oxygens (including phenoxy) is 1. The summed E-state index contributed by atoms with van der Waals surface area (Å²) in [5, 5.41) is 14.1. The zero-order valence-electron chi connectivity index (χ0n) is 11.8. The minimum atomic E-state index is -0.323. The molecule has 2 aliphatic rings. The maximum absolute atomic E-state index is 9.93. The first-order valence-corrected chi connectivity index (χ1v) is 7.37. The molecule has 2 saturated heterocycles. The number of hydrogen-bond acceptors (Lipinski definition) is 6. The molecule has 2 atom stereocenters. The van der Waals surface area contributed by atoms with Crippen LogP contribution in [0.25, 0.3) is 0 Å². The van der Waals surface area contributed by atoms with Gasteiger partial charge in [0, 0.05) is 19.6 Å². The van der Waals surface area contributed by atoms with Crippen LogP contribution in [0.1, 0.15) is 6.42 Å². The first-order valence-electron chi connectivity index (χ1n) is 7.37. The molecule has 1 N–H and O–H groups in total. The van der Waals surface area contributed by atoms with Crippen LogP contribution in [0.5, 0.6) is 0 Å². The van der Waals surface area contributed by atoms with Crippen LogP contribution in [-0.2, 0) is 11.3 Å². The van der Waals surface area contributed by atoms with Crippen LogP contribution in [0.2, 0.25) is 0 Å². The van der Waals surface area contributed by atoms with E-state index in [1.165, 1.54) is 0 Å². The van der Waals surface area contributed by atoms with Gasteiger partial charge in [0.15, 0.2) is 0 Å². The third-order valence-electron chi connectivity index (χ3n) is 4.23. The third-order valence-corrected chi connectivity index (χ3v) is 4.23. The Balaban J connectivity index is 1.46. The van der Waals surface area contributed by atoms with E-state index in [-0.39, 0.29) is 12.1 Å². The van der Waals surface area contributed by atoms with Crippen LogP contribution in [0, 0.1) is 0 Å². The number of aromatic nitrogens is 3. The summed E-state index contributed by atoms with van der Waals surface area (Å²) < 4.78 is 7.24. The lowest BCUT2D eigenvalue weighted by molar-refractivity contribution is 0.0838. The molecule has 0 aliphatic carbocycles. The van der Waals surface area contributed by atoms with Gasteiger partial charge < -0.3 is 14.7 Å². The predicted octanol–water partition coefficient (Wildman–Crippen LogP) is -0.954. The van der Waals surface area contributed by atoms with Gasteiger partial charge in [-0.15, -0.1) is 0 Å². The minimum Gasteiger partial charge on any atom is -0.389 e. The van der Waals surface area contributed by atoms with Crippen molar-refractivity contribution in [3.63, 3.8) is 0 Å². The molecule has 0 radical (unpaired) electrons. The molecule has 7 heteroatoms. The van der Waals surface area contributed by atoms with Crippen molar-refractivity contribution >= 4 is 0 Å². The van der Waals surface area contributed by atoms with E-state index in [0.717, 1.165) is 45.7 Å². The standard InChI is InChI=1S/C13H23N5O2/c19-13-9-20-8-12(13)17-3-1-2-16(4-6-17)5-7-18-11-14-10-15-18/h10-13,19H,1-9H2/t12-,13-/m0/s1. The number of nitrogens with zero attached hydrogens (tertiary/aromatic N) is 5. The van der Waals surface area contributed by atoms with Crippen LogP contribution >= 0.6 is 0 Å². The van der Waals surface area contributed by atoms with Gasteiger partial charge in [0.1, 0.15) is 12.7 Å². The molecule has 0 spiro atoms. The van der Waals surface area contributed by atoms with Gasteiger partial charge in [-0.2, -0.15) is 5.10 Å².